The number of amides is 1. The third-order valence-corrected chi connectivity index (χ3v) is 6.91. The first-order valence-electron chi connectivity index (χ1n) is 11.7. The topological polar surface area (TPSA) is 83.5 Å². The lowest BCUT2D eigenvalue weighted by molar-refractivity contribution is -0.161. The minimum atomic E-state index is -2.87. The molecule has 11 heteroatoms. The van der Waals surface area contributed by atoms with Crippen LogP contribution in [0.2, 0.25) is 0 Å². The first kappa shape index (κ1) is 22.7. The maximum absolute atomic E-state index is 14.7. The van der Waals surface area contributed by atoms with Crippen LogP contribution >= 0.6 is 0 Å². The fourth-order valence-electron chi connectivity index (χ4n) is 4.85. The number of halogens is 3. The lowest BCUT2D eigenvalue weighted by atomic mass is 9.86. The molecule has 1 aromatic carbocycles. The van der Waals surface area contributed by atoms with Gasteiger partial charge in [0, 0.05) is 49.1 Å². The molecule has 36 heavy (non-hydrogen) atoms. The number of hydrogen-bond donors (Lipinski definition) is 1. The highest BCUT2D eigenvalue weighted by molar-refractivity contribution is 6.08. The molecular formula is C25H23F3N6O2. The molecule has 1 spiro atoms. The van der Waals surface area contributed by atoms with Gasteiger partial charge < -0.3 is 19.9 Å². The normalized spacial score (nSPS) is 19.6. The van der Waals surface area contributed by atoms with Crippen LogP contribution in [-0.2, 0) is 4.74 Å². The van der Waals surface area contributed by atoms with Gasteiger partial charge in [0.2, 0.25) is 5.95 Å². The van der Waals surface area contributed by atoms with E-state index in [4.69, 9.17) is 4.74 Å². The summed E-state index contributed by atoms with van der Waals surface area (Å²) in [6.07, 6.45) is 4.93. The summed E-state index contributed by atoms with van der Waals surface area (Å²) in [5.41, 5.74) is 0.812. The Balaban J connectivity index is 1.29. The predicted molar refractivity (Wildman–Crippen MR) is 127 cm³/mol. The van der Waals surface area contributed by atoms with Gasteiger partial charge in [-0.15, -0.1) is 0 Å². The predicted octanol–water partition coefficient (Wildman–Crippen LogP) is 3.75. The van der Waals surface area contributed by atoms with E-state index >= 15 is 0 Å². The number of nitrogens with one attached hydrogen (secondary N) is 1. The van der Waals surface area contributed by atoms with Crippen molar-refractivity contribution in [3.63, 3.8) is 0 Å². The molecule has 8 nitrogen and oxygen atoms in total. The quantitative estimate of drug-likeness (QED) is 0.576. The zero-order valence-electron chi connectivity index (χ0n) is 19.3. The molecule has 1 amide bonds. The minimum Gasteiger partial charge on any atom is -0.371 e. The van der Waals surface area contributed by atoms with Crippen LogP contribution in [0.3, 0.4) is 0 Å². The summed E-state index contributed by atoms with van der Waals surface area (Å²) in [7, 11) is 0. The maximum atomic E-state index is 14.7. The van der Waals surface area contributed by atoms with Crippen molar-refractivity contribution in [1.29, 1.82) is 0 Å². The summed E-state index contributed by atoms with van der Waals surface area (Å²) in [5, 5.41) is 2.77. The molecule has 0 unspecified atom stereocenters. The lowest BCUT2D eigenvalue weighted by Gasteiger charge is -2.54. The SMILES string of the molecule is O=C(Nc1c(-c2ccccc2F)ccnc1N1CCC(F)(F)C1)c1cnc(N2CC3(CCO3)C2)nc1. The molecule has 3 saturated heterocycles. The van der Waals surface area contributed by atoms with E-state index in [1.54, 1.807) is 24.3 Å². The van der Waals surface area contributed by atoms with Gasteiger partial charge in [0.1, 0.15) is 11.4 Å². The number of alkyl halides is 2. The van der Waals surface area contributed by atoms with Gasteiger partial charge in [-0.25, -0.2) is 28.1 Å². The minimum absolute atomic E-state index is 0.0580. The number of carbonyl (C=O) groups excluding carboxylic acids is 1. The third kappa shape index (κ3) is 4.02. The average molecular weight is 496 g/mol. The molecule has 0 aliphatic carbocycles. The van der Waals surface area contributed by atoms with Crippen LogP contribution in [0.15, 0.2) is 48.9 Å². The second-order valence-corrected chi connectivity index (χ2v) is 9.43. The molecule has 2 aromatic heterocycles. The molecule has 1 N–H and O–H groups in total. The molecule has 0 radical (unpaired) electrons. The Hall–Kier alpha value is -3.73. The van der Waals surface area contributed by atoms with Gasteiger partial charge >= 0.3 is 0 Å². The van der Waals surface area contributed by atoms with Crippen molar-refractivity contribution in [3.8, 4) is 11.1 Å². The second-order valence-electron chi connectivity index (χ2n) is 9.43. The van der Waals surface area contributed by atoms with Crippen LogP contribution in [-0.4, -0.2) is 65.2 Å². The molecule has 3 aliphatic rings. The Morgan fingerprint density at radius 2 is 1.72 bits per heavy atom. The number of pyridine rings is 1. The Bertz CT molecular complexity index is 1310. The second kappa shape index (κ2) is 8.44. The maximum Gasteiger partial charge on any atom is 0.266 e. The van der Waals surface area contributed by atoms with E-state index in [0.29, 0.717) is 24.6 Å². The number of rotatable bonds is 5. The number of aromatic nitrogens is 3. The van der Waals surface area contributed by atoms with Crippen molar-refractivity contribution >= 4 is 23.4 Å². The van der Waals surface area contributed by atoms with Gasteiger partial charge in [0.05, 0.1) is 37.5 Å². The largest absolute Gasteiger partial charge is 0.371 e. The number of benzene rings is 1. The van der Waals surface area contributed by atoms with Crippen molar-refractivity contribution in [2.24, 2.45) is 0 Å². The molecule has 3 aliphatic heterocycles. The first-order chi connectivity index (χ1) is 17.3. The summed E-state index contributed by atoms with van der Waals surface area (Å²) >= 11 is 0. The van der Waals surface area contributed by atoms with Gasteiger partial charge in [0.25, 0.3) is 11.8 Å². The Labute approximate surface area is 205 Å². The molecule has 0 saturated carbocycles. The van der Waals surface area contributed by atoms with E-state index in [1.165, 1.54) is 29.6 Å². The van der Waals surface area contributed by atoms with Gasteiger partial charge in [-0.3, -0.25) is 4.79 Å². The number of ether oxygens (including phenoxy) is 1. The molecule has 5 heterocycles. The average Bonchev–Trinajstić information content (AvgIpc) is 3.18. The van der Waals surface area contributed by atoms with E-state index < -0.39 is 24.2 Å². The molecular weight excluding hydrogens is 473 g/mol. The van der Waals surface area contributed by atoms with Crippen LogP contribution in [0.1, 0.15) is 23.2 Å². The lowest BCUT2D eigenvalue weighted by Crippen LogP contribution is -2.68. The van der Waals surface area contributed by atoms with E-state index in [2.05, 4.69) is 20.3 Å². The van der Waals surface area contributed by atoms with Crippen LogP contribution in [0.25, 0.3) is 11.1 Å². The van der Waals surface area contributed by atoms with E-state index in [-0.39, 0.29) is 41.2 Å². The van der Waals surface area contributed by atoms with Crippen LogP contribution < -0.4 is 15.1 Å². The fourth-order valence-corrected chi connectivity index (χ4v) is 4.85. The van der Waals surface area contributed by atoms with Crippen LogP contribution in [0.4, 0.5) is 30.6 Å². The van der Waals surface area contributed by atoms with Crippen LogP contribution in [0, 0.1) is 5.82 Å². The van der Waals surface area contributed by atoms with Gasteiger partial charge in [-0.1, -0.05) is 18.2 Å². The van der Waals surface area contributed by atoms with E-state index in [9.17, 15) is 18.0 Å². The monoisotopic (exact) mass is 496 g/mol. The fraction of sp³-hybridized carbons (Fsp3) is 0.360. The summed E-state index contributed by atoms with van der Waals surface area (Å²) < 4.78 is 48.3. The molecule has 3 fully saturated rings. The van der Waals surface area contributed by atoms with Crippen molar-refractivity contribution in [1.82, 2.24) is 15.0 Å². The van der Waals surface area contributed by atoms with Gasteiger partial charge in [-0.2, -0.15) is 0 Å². The van der Waals surface area contributed by atoms with Gasteiger partial charge in [0.15, 0.2) is 5.82 Å². The zero-order chi connectivity index (χ0) is 24.9. The van der Waals surface area contributed by atoms with Crippen LogP contribution in [0.5, 0.6) is 0 Å². The Morgan fingerprint density at radius 1 is 0.972 bits per heavy atom. The van der Waals surface area contributed by atoms with Gasteiger partial charge in [-0.05, 0) is 12.1 Å². The molecule has 0 atom stereocenters. The van der Waals surface area contributed by atoms with Crippen molar-refractivity contribution in [2.75, 3.05) is 47.9 Å². The molecule has 186 valence electrons. The highest BCUT2D eigenvalue weighted by atomic mass is 19.3. The third-order valence-electron chi connectivity index (χ3n) is 6.91. The van der Waals surface area contributed by atoms with Crippen molar-refractivity contribution in [3.05, 3.63) is 60.3 Å². The zero-order valence-corrected chi connectivity index (χ0v) is 19.3. The smallest absolute Gasteiger partial charge is 0.266 e. The van der Waals surface area contributed by atoms with E-state index in [1.807, 2.05) is 4.90 Å². The molecule has 6 rings (SSSR count). The number of hydrogen-bond acceptors (Lipinski definition) is 7. The Morgan fingerprint density at radius 3 is 2.36 bits per heavy atom. The van der Waals surface area contributed by atoms with Crippen molar-refractivity contribution in [2.45, 2.75) is 24.4 Å². The summed E-state index contributed by atoms with van der Waals surface area (Å²) in [4.78, 5) is 29.5. The number of nitrogens with zero attached hydrogens (tertiary/aromatic N) is 5. The van der Waals surface area contributed by atoms with E-state index in [0.717, 1.165) is 13.0 Å². The summed E-state index contributed by atoms with van der Waals surface area (Å²) in [5.74, 6) is -3.28. The molecule has 3 aromatic rings. The standard InChI is InChI=1S/C25H23F3N6O2/c26-19-4-2-1-3-17(19)18-5-8-29-21(33-9-6-25(27,28)15-33)20(18)32-22(35)16-11-30-23(31-12-16)34-13-24(14-34)7-10-36-24/h1-5,8,11-12H,6-7,9-10,13-15H2,(H,32,35). The molecule has 0 bridgehead atoms. The number of carbonyl (C=O) groups is 1. The highest BCUT2D eigenvalue weighted by Crippen LogP contribution is 2.40. The highest BCUT2D eigenvalue weighted by Gasteiger charge is 2.50. The Kier molecular flexibility index (Phi) is 5.32. The summed E-state index contributed by atoms with van der Waals surface area (Å²) in [6.45, 7) is 1.72. The number of anilines is 3. The first-order valence-corrected chi connectivity index (χ1v) is 11.7. The van der Waals surface area contributed by atoms with Crippen molar-refractivity contribution < 1.29 is 22.7 Å². The summed E-state index contributed by atoms with van der Waals surface area (Å²) in [6, 6.07) is 7.62.